The van der Waals surface area contributed by atoms with Crippen LogP contribution in [0.3, 0.4) is 0 Å². The average Bonchev–Trinajstić information content (AvgIpc) is 2.92. The summed E-state index contributed by atoms with van der Waals surface area (Å²) in [6.07, 6.45) is 1.61. The number of nitrogens with two attached hydrogens (primary N) is 1. The van der Waals surface area contributed by atoms with Crippen molar-refractivity contribution in [3.8, 4) is 17.2 Å². The van der Waals surface area contributed by atoms with Gasteiger partial charge >= 0.3 is 0 Å². The summed E-state index contributed by atoms with van der Waals surface area (Å²) in [5.74, 6) is 1.39. The first-order chi connectivity index (χ1) is 8.70. The molecule has 2 aromatic heterocycles. The van der Waals surface area contributed by atoms with Crippen molar-refractivity contribution in [2.24, 2.45) is 7.05 Å². The van der Waals surface area contributed by atoms with E-state index in [1.165, 1.54) is 0 Å². The van der Waals surface area contributed by atoms with Gasteiger partial charge < -0.3 is 14.9 Å². The van der Waals surface area contributed by atoms with Gasteiger partial charge in [-0.15, -0.1) is 0 Å². The second-order valence-electron chi connectivity index (χ2n) is 4.06. The zero-order valence-electron chi connectivity index (χ0n) is 10.2. The molecule has 0 spiro atoms. The van der Waals surface area contributed by atoms with E-state index in [2.05, 4.69) is 5.10 Å². The van der Waals surface area contributed by atoms with Crippen molar-refractivity contribution >= 4 is 16.7 Å². The minimum Gasteiger partial charge on any atom is -0.493 e. The van der Waals surface area contributed by atoms with Crippen molar-refractivity contribution in [3.63, 3.8) is 0 Å². The lowest BCUT2D eigenvalue weighted by Gasteiger charge is -2.00. The third-order valence-corrected chi connectivity index (χ3v) is 2.93. The summed E-state index contributed by atoms with van der Waals surface area (Å²) in [5.41, 5.74) is 7.97. The van der Waals surface area contributed by atoms with E-state index in [0.717, 1.165) is 16.7 Å². The molecule has 0 radical (unpaired) electrons. The van der Waals surface area contributed by atoms with Crippen LogP contribution in [0.5, 0.6) is 5.75 Å². The maximum Gasteiger partial charge on any atom is 0.176 e. The summed E-state index contributed by atoms with van der Waals surface area (Å²) in [4.78, 5) is 0. The van der Waals surface area contributed by atoms with E-state index in [9.17, 15) is 0 Å². The second-order valence-corrected chi connectivity index (χ2v) is 4.06. The number of benzene rings is 1. The number of nitrogen functional groups attached to an aromatic ring is 1. The Labute approximate surface area is 104 Å². The third kappa shape index (κ3) is 1.44. The molecule has 0 aliphatic rings. The van der Waals surface area contributed by atoms with Crippen molar-refractivity contribution in [2.45, 2.75) is 0 Å². The number of ether oxygens (including phenoxy) is 1. The highest BCUT2D eigenvalue weighted by atomic mass is 16.5. The molecule has 0 saturated carbocycles. The molecule has 3 rings (SSSR count). The van der Waals surface area contributed by atoms with Crippen LogP contribution in [0.2, 0.25) is 0 Å². The van der Waals surface area contributed by atoms with Gasteiger partial charge in [-0.25, -0.2) is 0 Å². The number of furan rings is 1. The van der Waals surface area contributed by atoms with Gasteiger partial charge in [-0.1, -0.05) is 12.1 Å². The molecule has 0 saturated heterocycles. The topological polar surface area (TPSA) is 66.2 Å². The molecule has 0 aliphatic carbocycles. The Morgan fingerprint density at radius 1 is 1.39 bits per heavy atom. The predicted molar refractivity (Wildman–Crippen MR) is 69.4 cm³/mol. The van der Waals surface area contributed by atoms with E-state index in [1.807, 2.05) is 31.3 Å². The number of rotatable bonds is 2. The minimum absolute atomic E-state index is 0.593. The van der Waals surface area contributed by atoms with E-state index in [4.69, 9.17) is 14.9 Å². The normalized spacial score (nSPS) is 11.0. The lowest BCUT2D eigenvalue weighted by atomic mass is 10.2. The molecule has 5 nitrogen and oxygen atoms in total. The Morgan fingerprint density at radius 2 is 2.22 bits per heavy atom. The summed E-state index contributed by atoms with van der Waals surface area (Å²) < 4.78 is 12.8. The molecule has 0 amide bonds. The Bertz CT molecular complexity index is 693. The fourth-order valence-electron chi connectivity index (χ4n) is 2.07. The zero-order valence-corrected chi connectivity index (χ0v) is 10.2. The first-order valence-corrected chi connectivity index (χ1v) is 5.55. The van der Waals surface area contributed by atoms with Crippen molar-refractivity contribution in [1.29, 1.82) is 0 Å². The molecule has 0 unspecified atom stereocenters. The maximum atomic E-state index is 5.89. The Hall–Kier alpha value is -2.43. The van der Waals surface area contributed by atoms with Gasteiger partial charge in [0.15, 0.2) is 17.1 Å². The molecule has 0 aliphatic heterocycles. The molecule has 1 aromatic carbocycles. The monoisotopic (exact) mass is 243 g/mol. The summed E-state index contributed by atoms with van der Waals surface area (Å²) >= 11 is 0. The number of aryl methyl sites for hydroxylation is 1. The SMILES string of the molecule is COc1cccc2cc(-c3c(N)cnn3C)oc12. The maximum absolute atomic E-state index is 5.89. The Morgan fingerprint density at radius 3 is 2.89 bits per heavy atom. The van der Waals surface area contributed by atoms with Gasteiger partial charge in [0.2, 0.25) is 0 Å². The first kappa shape index (κ1) is 10.7. The highest BCUT2D eigenvalue weighted by Gasteiger charge is 2.15. The lowest BCUT2D eigenvalue weighted by Crippen LogP contribution is -1.94. The lowest BCUT2D eigenvalue weighted by molar-refractivity contribution is 0.411. The largest absolute Gasteiger partial charge is 0.493 e. The van der Waals surface area contributed by atoms with Crippen LogP contribution in [-0.4, -0.2) is 16.9 Å². The number of para-hydroxylation sites is 1. The highest BCUT2D eigenvalue weighted by Crippen LogP contribution is 2.34. The third-order valence-electron chi connectivity index (χ3n) is 2.93. The molecule has 5 heteroatoms. The van der Waals surface area contributed by atoms with E-state index in [-0.39, 0.29) is 0 Å². The average molecular weight is 243 g/mol. The van der Waals surface area contributed by atoms with Crippen LogP contribution < -0.4 is 10.5 Å². The van der Waals surface area contributed by atoms with Gasteiger partial charge in [0.25, 0.3) is 0 Å². The van der Waals surface area contributed by atoms with E-state index in [0.29, 0.717) is 17.2 Å². The number of anilines is 1. The predicted octanol–water partition coefficient (Wildman–Crippen LogP) is 2.42. The van der Waals surface area contributed by atoms with Crippen LogP contribution in [0, 0.1) is 0 Å². The fraction of sp³-hybridized carbons (Fsp3) is 0.154. The molecule has 3 aromatic rings. The van der Waals surface area contributed by atoms with Crippen LogP contribution in [0.15, 0.2) is 34.9 Å². The number of hydrogen-bond acceptors (Lipinski definition) is 4. The van der Waals surface area contributed by atoms with Crippen LogP contribution in [0.25, 0.3) is 22.4 Å². The van der Waals surface area contributed by atoms with Crippen LogP contribution in [0.4, 0.5) is 5.69 Å². The van der Waals surface area contributed by atoms with Crippen molar-refractivity contribution < 1.29 is 9.15 Å². The molecule has 0 atom stereocenters. The van der Waals surface area contributed by atoms with E-state index in [1.54, 1.807) is 18.0 Å². The quantitative estimate of drug-likeness (QED) is 0.750. The van der Waals surface area contributed by atoms with Crippen LogP contribution in [-0.2, 0) is 7.05 Å². The second kappa shape index (κ2) is 3.80. The van der Waals surface area contributed by atoms with Crippen molar-refractivity contribution in [2.75, 3.05) is 12.8 Å². The number of methoxy groups -OCH3 is 1. The fourth-order valence-corrected chi connectivity index (χ4v) is 2.07. The smallest absolute Gasteiger partial charge is 0.176 e. The van der Waals surface area contributed by atoms with Crippen LogP contribution in [0.1, 0.15) is 0 Å². The molecule has 2 N–H and O–H groups in total. The molecule has 2 heterocycles. The minimum atomic E-state index is 0.593. The number of nitrogens with zero attached hydrogens (tertiary/aromatic N) is 2. The van der Waals surface area contributed by atoms with Gasteiger partial charge in [0.1, 0.15) is 5.69 Å². The molecule has 0 fully saturated rings. The van der Waals surface area contributed by atoms with E-state index < -0.39 is 0 Å². The molecular weight excluding hydrogens is 230 g/mol. The van der Waals surface area contributed by atoms with Crippen molar-refractivity contribution in [1.82, 2.24) is 9.78 Å². The summed E-state index contributed by atoms with van der Waals surface area (Å²) in [6.45, 7) is 0. The Kier molecular flexibility index (Phi) is 2.26. The summed E-state index contributed by atoms with van der Waals surface area (Å²) in [7, 11) is 3.45. The number of aromatic nitrogens is 2. The summed E-state index contributed by atoms with van der Waals surface area (Å²) in [5, 5.41) is 5.08. The van der Waals surface area contributed by atoms with Crippen molar-refractivity contribution in [3.05, 3.63) is 30.5 Å². The number of fused-ring (bicyclic) bond motifs is 1. The molecule has 92 valence electrons. The number of hydrogen-bond donors (Lipinski definition) is 1. The van der Waals surface area contributed by atoms with Gasteiger partial charge in [-0.3, -0.25) is 4.68 Å². The zero-order chi connectivity index (χ0) is 12.7. The van der Waals surface area contributed by atoms with E-state index >= 15 is 0 Å². The summed E-state index contributed by atoms with van der Waals surface area (Å²) in [6, 6.07) is 7.69. The molecular formula is C13H13N3O2. The standard InChI is InChI=1S/C13H13N3O2/c1-16-12(9(14)7-15-16)11-6-8-4-3-5-10(17-2)13(8)18-11/h3-7H,14H2,1-2H3. The van der Waals surface area contributed by atoms with Gasteiger partial charge in [0.05, 0.1) is 19.0 Å². The molecule has 18 heavy (non-hydrogen) atoms. The molecule has 0 bridgehead atoms. The van der Waals surface area contributed by atoms with Gasteiger partial charge in [-0.05, 0) is 12.1 Å². The first-order valence-electron chi connectivity index (χ1n) is 5.55. The van der Waals surface area contributed by atoms with Crippen LogP contribution >= 0.6 is 0 Å². The highest BCUT2D eigenvalue weighted by molar-refractivity contribution is 5.88. The Balaban J connectivity index is 2.26. The van der Waals surface area contributed by atoms with Gasteiger partial charge in [0, 0.05) is 12.4 Å². The van der Waals surface area contributed by atoms with Gasteiger partial charge in [-0.2, -0.15) is 5.10 Å².